The zero-order chi connectivity index (χ0) is 11.1. The fourth-order valence-electron chi connectivity index (χ4n) is 1.85. The Morgan fingerprint density at radius 3 is 2.60 bits per heavy atom. The number of rotatable bonds is 3. The molecule has 1 saturated carbocycles. The number of aromatic hydroxyl groups is 1. The molecular weight excluding hydrogens is 258 g/mol. The number of methoxy groups -OCH3 is 1. The second kappa shape index (κ2) is 3.68. The third-order valence-electron chi connectivity index (χ3n) is 3.01. The highest BCUT2D eigenvalue weighted by molar-refractivity contribution is 9.10. The molecule has 3 nitrogen and oxygen atoms in total. The van der Waals surface area contributed by atoms with Crippen molar-refractivity contribution in [2.75, 3.05) is 14.2 Å². The summed E-state index contributed by atoms with van der Waals surface area (Å²) in [6, 6.07) is 3.58. The number of hydrogen-bond donors (Lipinski definition) is 2. The zero-order valence-corrected chi connectivity index (χ0v) is 10.4. The van der Waals surface area contributed by atoms with Gasteiger partial charge in [-0.05, 0) is 37.6 Å². The molecule has 0 heterocycles. The molecule has 0 bridgehead atoms. The smallest absolute Gasteiger partial charge is 0.160 e. The number of phenols is 1. The van der Waals surface area contributed by atoms with Gasteiger partial charge in [0.15, 0.2) is 11.5 Å². The molecule has 0 atom stereocenters. The minimum Gasteiger partial charge on any atom is -0.504 e. The van der Waals surface area contributed by atoms with E-state index < -0.39 is 0 Å². The normalized spacial score (nSPS) is 17.5. The molecule has 82 valence electrons. The van der Waals surface area contributed by atoms with E-state index in [1.807, 2.05) is 13.1 Å². The number of benzene rings is 1. The number of nitrogens with one attached hydrogen (secondary N) is 1. The molecule has 0 aliphatic heterocycles. The highest BCUT2D eigenvalue weighted by atomic mass is 79.9. The maximum absolute atomic E-state index is 9.60. The lowest BCUT2D eigenvalue weighted by molar-refractivity contribution is 0.371. The van der Waals surface area contributed by atoms with Gasteiger partial charge in [-0.2, -0.15) is 0 Å². The largest absolute Gasteiger partial charge is 0.504 e. The van der Waals surface area contributed by atoms with Gasteiger partial charge in [-0.25, -0.2) is 0 Å². The van der Waals surface area contributed by atoms with Crippen LogP contribution in [0.4, 0.5) is 0 Å². The van der Waals surface area contributed by atoms with Crippen LogP contribution in [-0.4, -0.2) is 19.3 Å². The van der Waals surface area contributed by atoms with Crippen molar-refractivity contribution in [2.45, 2.75) is 18.4 Å². The molecule has 0 unspecified atom stereocenters. The molecule has 0 saturated heterocycles. The Labute approximate surface area is 97.6 Å². The highest BCUT2D eigenvalue weighted by Crippen LogP contribution is 2.50. The Bertz CT molecular complexity index is 388. The SMILES string of the molecule is CNC1(c2cc(OC)c(O)cc2Br)CC1. The van der Waals surface area contributed by atoms with Gasteiger partial charge >= 0.3 is 0 Å². The van der Waals surface area contributed by atoms with Crippen molar-refractivity contribution in [1.82, 2.24) is 5.32 Å². The molecule has 15 heavy (non-hydrogen) atoms. The maximum Gasteiger partial charge on any atom is 0.160 e. The van der Waals surface area contributed by atoms with Crippen LogP contribution in [0.15, 0.2) is 16.6 Å². The van der Waals surface area contributed by atoms with Crippen LogP contribution in [0.5, 0.6) is 11.5 Å². The summed E-state index contributed by atoms with van der Waals surface area (Å²) in [7, 11) is 3.52. The number of halogens is 1. The van der Waals surface area contributed by atoms with Crippen LogP contribution >= 0.6 is 15.9 Å². The van der Waals surface area contributed by atoms with Gasteiger partial charge < -0.3 is 15.2 Å². The van der Waals surface area contributed by atoms with E-state index in [0.29, 0.717) is 5.75 Å². The minimum absolute atomic E-state index is 0.0693. The van der Waals surface area contributed by atoms with Crippen LogP contribution in [0.1, 0.15) is 18.4 Å². The average molecular weight is 272 g/mol. The average Bonchev–Trinajstić information content (AvgIpc) is 2.99. The lowest BCUT2D eigenvalue weighted by Crippen LogP contribution is -2.24. The Hall–Kier alpha value is -0.740. The Kier molecular flexibility index (Phi) is 2.64. The third-order valence-corrected chi connectivity index (χ3v) is 3.67. The summed E-state index contributed by atoms with van der Waals surface area (Å²) in [5.74, 6) is 0.690. The second-order valence-electron chi connectivity index (χ2n) is 3.84. The van der Waals surface area contributed by atoms with E-state index in [1.54, 1.807) is 13.2 Å². The number of ether oxygens (including phenoxy) is 1. The van der Waals surface area contributed by atoms with Crippen LogP contribution in [0, 0.1) is 0 Å². The first-order chi connectivity index (χ1) is 7.13. The number of phenolic OH excluding ortho intramolecular Hbond substituents is 1. The fourth-order valence-corrected chi connectivity index (χ4v) is 2.56. The number of hydrogen-bond acceptors (Lipinski definition) is 3. The molecular formula is C11H14BrNO2. The molecule has 4 heteroatoms. The Balaban J connectivity index is 2.47. The standard InChI is InChI=1S/C11H14BrNO2/c1-13-11(3-4-11)7-5-10(15-2)9(14)6-8(7)12/h5-6,13-14H,3-4H2,1-2H3. The van der Waals surface area contributed by atoms with Crippen LogP contribution in [-0.2, 0) is 5.54 Å². The van der Waals surface area contributed by atoms with Crippen molar-refractivity contribution in [2.24, 2.45) is 0 Å². The van der Waals surface area contributed by atoms with Crippen molar-refractivity contribution < 1.29 is 9.84 Å². The molecule has 2 rings (SSSR count). The van der Waals surface area contributed by atoms with Gasteiger partial charge in [0.25, 0.3) is 0 Å². The molecule has 1 aromatic carbocycles. The van der Waals surface area contributed by atoms with Crippen LogP contribution < -0.4 is 10.1 Å². The summed E-state index contributed by atoms with van der Waals surface area (Å²) in [4.78, 5) is 0. The van der Waals surface area contributed by atoms with E-state index >= 15 is 0 Å². The summed E-state index contributed by atoms with van der Waals surface area (Å²) in [6.07, 6.45) is 2.24. The van der Waals surface area contributed by atoms with E-state index in [9.17, 15) is 5.11 Å². The van der Waals surface area contributed by atoms with Crippen LogP contribution in [0.25, 0.3) is 0 Å². The lowest BCUT2D eigenvalue weighted by Gasteiger charge is -2.18. The first-order valence-corrected chi connectivity index (χ1v) is 5.68. The molecule has 1 aromatic rings. The minimum atomic E-state index is 0.0693. The molecule has 0 aromatic heterocycles. The Morgan fingerprint density at radius 1 is 1.47 bits per heavy atom. The van der Waals surface area contributed by atoms with Gasteiger partial charge in [0.1, 0.15) is 0 Å². The monoisotopic (exact) mass is 271 g/mol. The lowest BCUT2D eigenvalue weighted by atomic mass is 10.0. The quantitative estimate of drug-likeness (QED) is 0.887. The van der Waals surface area contributed by atoms with E-state index in [-0.39, 0.29) is 11.3 Å². The zero-order valence-electron chi connectivity index (χ0n) is 8.80. The first-order valence-electron chi connectivity index (χ1n) is 4.89. The first kappa shape index (κ1) is 10.8. The predicted molar refractivity (Wildman–Crippen MR) is 62.3 cm³/mol. The molecule has 0 amide bonds. The topological polar surface area (TPSA) is 41.5 Å². The summed E-state index contributed by atoms with van der Waals surface area (Å²) in [6.45, 7) is 0. The Morgan fingerprint density at radius 2 is 2.13 bits per heavy atom. The summed E-state index contributed by atoms with van der Waals surface area (Å²) in [5.41, 5.74) is 1.22. The van der Waals surface area contributed by atoms with Crippen LogP contribution in [0.3, 0.4) is 0 Å². The van der Waals surface area contributed by atoms with Crippen molar-refractivity contribution in [1.29, 1.82) is 0 Å². The maximum atomic E-state index is 9.60. The van der Waals surface area contributed by atoms with Crippen molar-refractivity contribution in [3.8, 4) is 11.5 Å². The van der Waals surface area contributed by atoms with Gasteiger partial charge in [-0.3, -0.25) is 0 Å². The summed E-state index contributed by atoms with van der Waals surface area (Å²) in [5, 5.41) is 12.9. The van der Waals surface area contributed by atoms with E-state index in [0.717, 1.165) is 22.9 Å². The fraction of sp³-hybridized carbons (Fsp3) is 0.455. The molecule has 0 spiro atoms. The highest BCUT2D eigenvalue weighted by Gasteiger charge is 2.44. The molecule has 2 N–H and O–H groups in total. The van der Waals surface area contributed by atoms with Crippen LogP contribution in [0.2, 0.25) is 0 Å². The van der Waals surface area contributed by atoms with E-state index in [1.165, 1.54) is 0 Å². The summed E-state index contributed by atoms with van der Waals surface area (Å²) >= 11 is 3.47. The molecule has 1 aliphatic carbocycles. The van der Waals surface area contributed by atoms with E-state index in [2.05, 4.69) is 21.2 Å². The van der Waals surface area contributed by atoms with Gasteiger partial charge in [0.05, 0.1) is 7.11 Å². The second-order valence-corrected chi connectivity index (χ2v) is 4.69. The molecule has 1 aliphatic rings. The van der Waals surface area contributed by atoms with E-state index in [4.69, 9.17) is 4.74 Å². The van der Waals surface area contributed by atoms with Gasteiger partial charge in [-0.15, -0.1) is 0 Å². The van der Waals surface area contributed by atoms with Crippen molar-refractivity contribution in [3.05, 3.63) is 22.2 Å². The molecule has 0 radical (unpaired) electrons. The van der Waals surface area contributed by atoms with Gasteiger partial charge in [0.2, 0.25) is 0 Å². The third kappa shape index (κ3) is 1.72. The van der Waals surface area contributed by atoms with Gasteiger partial charge in [0, 0.05) is 10.0 Å². The molecule has 1 fully saturated rings. The van der Waals surface area contributed by atoms with Crippen molar-refractivity contribution in [3.63, 3.8) is 0 Å². The predicted octanol–water partition coefficient (Wildman–Crippen LogP) is 2.37. The summed E-state index contributed by atoms with van der Waals surface area (Å²) < 4.78 is 6.03. The van der Waals surface area contributed by atoms with Gasteiger partial charge in [-0.1, -0.05) is 15.9 Å². The van der Waals surface area contributed by atoms with Crippen molar-refractivity contribution >= 4 is 15.9 Å².